The van der Waals surface area contributed by atoms with Crippen LogP contribution in [0.4, 0.5) is 0 Å². The smallest absolute Gasteiger partial charge is 0 e. The third-order valence-electron chi connectivity index (χ3n) is 3.86. The van der Waals surface area contributed by atoms with Gasteiger partial charge in [0, 0.05) is 29.6 Å². The first-order valence-corrected chi connectivity index (χ1v) is 7.89. The molecule has 0 bridgehead atoms. The zero-order valence-electron chi connectivity index (χ0n) is 13.3. The van der Waals surface area contributed by atoms with Gasteiger partial charge in [-0.3, -0.25) is 0 Å². The van der Waals surface area contributed by atoms with Crippen molar-refractivity contribution in [3.63, 3.8) is 0 Å². The Morgan fingerprint density at radius 1 is 0.789 bits per heavy atom. The second kappa shape index (κ2) is 13.2. The van der Waals surface area contributed by atoms with Crippen molar-refractivity contribution in [3.8, 4) is 0 Å². The quantitative estimate of drug-likeness (QED) is 0.364. The molecule has 0 nitrogen and oxygen atoms in total. The van der Waals surface area contributed by atoms with Crippen LogP contribution in [0, 0.1) is 0 Å². The van der Waals surface area contributed by atoms with Gasteiger partial charge in [-0.25, -0.2) is 0 Å². The van der Waals surface area contributed by atoms with Crippen molar-refractivity contribution in [2.75, 3.05) is 0 Å². The molecule has 1 heteroatoms. The molecular weight excluding hydrogens is 239 g/mol. The van der Waals surface area contributed by atoms with Crippen molar-refractivity contribution in [2.24, 2.45) is 0 Å². The molecule has 1 aromatic carbocycles. The molecular formula is C18H30Na. The van der Waals surface area contributed by atoms with Crippen molar-refractivity contribution < 1.29 is 0 Å². The maximum Gasteiger partial charge on any atom is 0 e. The van der Waals surface area contributed by atoms with E-state index in [-0.39, 0.29) is 29.6 Å². The van der Waals surface area contributed by atoms with Crippen LogP contribution < -0.4 is 0 Å². The minimum atomic E-state index is 0. The van der Waals surface area contributed by atoms with Crippen molar-refractivity contribution in [1.29, 1.82) is 0 Å². The molecule has 0 N–H and O–H groups in total. The largest absolute Gasteiger partial charge is 0.0654 e. The van der Waals surface area contributed by atoms with E-state index < -0.39 is 0 Å². The van der Waals surface area contributed by atoms with Gasteiger partial charge < -0.3 is 0 Å². The molecule has 1 unspecified atom stereocenters. The molecule has 0 saturated heterocycles. The monoisotopic (exact) mass is 269 g/mol. The summed E-state index contributed by atoms with van der Waals surface area (Å²) < 4.78 is 0. The van der Waals surface area contributed by atoms with Crippen LogP contribution in [0.25, 0.3) is 0 Å². The maximum atomic E-state index is 2.36. The van der Waals surface area contributed by atoms with Gasteiger partial charge in [-0.05, 0) is 17.9 Å². The van der Waals surface area contributed by atoms with Crippen molar-refractivity contribution in [2.45, 2.75) is 77.6 Å². The van der Waals surface area contributed by atoms with Crippen LogP contribution in [0.3, 0.4) is 0 Å². The third kappa shape index (κ3) is 9.71. The molecule has 1 atom stereocenters. The van der Waals surface area contributed by atoms with Crippen LogP contribution in [-0.4, -0.2) is 29.6 Å². The van der Waals surface area contributed by atoms with Crippen molar-refractivity contribution >= 4 is 29.6 Å². The summed E-state index contributed by atoms with van der Waals surface area (Å²) in [5, 5.41) is 0. The fourth-order valence-corrected chi connectivity index (χ4v) is 2.53. The van der Waals surface area contributed by atoms with Gasteiger partial charge in [0.25, 0.3) is 0 Å². The minimum absolute atomic E-state index is 0. The summed E-state index contributed by atoms with van der Waals surface area (Å²) in [5.74, 6) is 0.728. The topological polar surface area (TPSA) is 0 Å². The SMILES string of the molecule is CCCCCCCCCCC(C)c1ccccc1.[Na]. The standard InChI is InChI=1S/C18H30.Na/c1-3-4-5-6-7-8-9-11-14-17(2)18-15-12-10-13-16-18;/h10,12-13,15-17H,3-9,11,14H2,1-2H3;. The first-order chi connectivity index (χ1) is 8.84. The van der Waals surface area contributed by atoms with E-state index in [1.807, 2.05) is 0 Å². The Morgan fingerprint density at radius 3 is 1.89 bits per heavy atom. The summed E-state index contributed by atoms with van der Waals surface area (Å²) in [4.78, 5) is 0. The van der Waals surface area contributed by atoms with Gasteiger partial charge in [-0.2, -0.15) is 0 Å². The second-order valence-corrected chi connectivity index (χ2v) is 5.58. The summed E-state index contributed by atoms with van der Waals surface area (Å²) in [6.45, 7) is 4.64. The third-order valence-corrected chi connectivity index (χ3v) is 3.86. The Hall–Kier alpha value is 0.220. The number of hydrogen-bond acceptors (Lipinski definition) is 0. The molecule has 1 aromatic rings. The molecule has 0 amide bonds. The molecule has 1 radical (unpaired) electrons. The molecule has 0 aliphatic rings. The van der Waals surface area contributed by atoms with Gasteiger partial charge in [0.2, 0.25) is 0 Å². The van der Waals surface area contributed by atoms with E-state index in [9.17, 15) is 0 Å². The summed E-state index contributed by atoms with van der Waals surface area (Å²) in [6, 6.07) is 10.9. The molecule has 0 spiro atoms. The van der Waals surface area contributed by atoms with E-state index in [0.717, 1.165) is 5.92 Å². The van der Waals surface area contributed by atoms with Gasteiger partial charge in [0.05, 0.1) is 0 Å². The predicted octanol–water partition coefficient (Wildman–Crippen LogP) is 5.94. The first kappa shape index (κ1) is 19.2. The Labute approximate surface area is 142 Å². The molecule has 0 aromatic heterocycles. The second-order valence-electron chi connectivity index (χ2n) is 5.58. The fourth-order valence-electron chi connectivity index (χ4n) is 2.53. The number of rotatable bonds is 10. The van der Waals surface area contributed by atoms with E-state index in [0.29, 0.717) is 0 Å². The average Bonchev–Trinajstić information content (AvgIpc) is 2.42. The van der Waals surface area contributed by atoms with E-state index in [2.05, 4.69) is 44.2 Å². The molecule has 103 valence electrons. The van der Waals surface area contributed by atoms with Crippen LogP contribution in [-0.2, 0) is 0 Å². The molecule has 0 saturated carbocycles. The van der Waals surface area contributed by atoms with E-state index in [1.165, 1.54) is 63.4 Å². The van der Waals surface area contributed by atoms with Gasteiger partial charge >= 0.3 is 0 Å². The van der Waals surface area contributed by atoms with Crippen LogP contribution in [0.2, 0.25) is 0 Å². The van der Waals surface area contributed by atoms with E-state index in [1.54, 1.807) is 0 Å². The minimum Gasteiger partial charge on any atom is -0.0654 e. The van der Waals surface area contributed by atoms with E-state index in [4.69, 9.17) is 0 Å². The Bertz CT molecular complexity index is 281. The predicted molar refractivity (Wildman–Crippen MR) is 87.8 cm³/mol. The summed E-state index contributed by atoms with van der Waals surface area (Å²) >= 11 is 0. The fraction of sp³-hybridized carbons (Fsp3) is 0.667. The van der Waals surface area contributed by atoms with Crippen LogP contribution in [0.5, 0.6) is 0 Å². The van der Waals surface area contributed by atoms with Crippen LogP contribution in [0.1, 0.15) is 83.1 Å². The normalized spacial score (nSPS) is 11.9. The van der Waals surface area contributed by atoms with Gasteiger partial charge in [-0.1, -0.05) is 95.5 Å². The Kier molecular flexibility index (Phi) is 13.4. The molecule has 0 aliphatic heterocycles. The average molecular weight is 269 g/mol. The Morgan fingerprint density at radius 2 is 1.32 bits per heavy atom. The summed E-state index contributed by atoms with van der Waals surface area (Å²) in [5.41, 5.74) is 1.50. The maximum absolute atomic E-state index is 2.36. The van der Waals surface area contributed by atoms with Gasteiger partial charge in [0.1, 0.15) is 0 Å². The Balaban J connectivity index is 0.00000324. The molecule has 0 heterocycles. The molecule has 19 heavy (non-hydrogen) atoms. The molecule has 0 fully saturated rings. The molecule has 1 rings (SSSR count). The summed E-state index contributed by atoms with van der Waals surface area (Å²) in [7, 11) is 0. The number of hydrogen-bond donors (Lipinski definition) is 0. The van der Waals surface area contributed by atoms with Crippen molar-refractivity contribution in [1.82, 2.24) is 0 Å². The molecule has 0 aliphatic carbocycles. The number of unbranched alkanes of at least 4 members (excludes halogenated alkanes) is 7. The van der Waals surface area contributed by atoms with Gasteiger partial charge in [0.15, 0.2) is 0 Å². The first-order valence-electron chi connectivity index (χ1n) is 7.89. The van der Waals surface area contributed by atoms with Crippen LogP contribution >= 0.6 is 0 Å². The summed E-state index contributed by atoms with van der Waals surface area (Å²) in [6.07, 6.45) is 12.7. The number of benzene rings is 1. The zero-order valence-corrected chi connectivity index (χ0v) is 15.3. The van der Waals surface area contributed by atoms with E-state index >= 15 is 0 Å². The van der Waals surface area contributed by atoms with Crippen LogP contribution in [0.15, 0.2) is 30.3 Å². The van der Waals surface area contributed by atoms with Gasteiger partial charge in [-0.15, -0.1) is 0 Å². The van der Waals surface area contributed by atoms with Crippen molar-refractivity contribution in [3.05, 3.63) is 35.9 Å². The zero-order chi connectivity index (χ0) is 13.1.